The lowest BCUT2D eigenvalue weighted by molar-refractivity contribution is 0.0205. The van der Waals surface area contributed by atoms with Gasteiger partial charge in [-0.2, -0.15) is 0 Å². The van der Waals surface area contributed by atoms with Gasteiger partial charge in [0, 0.05) is 18.8 Å². The number of nitrogens with one attached hydrogen (secondary N) is 1. The molecule has 134 valence electrons. The fourth-order valence-corrected chi connectivity index (χ4v) is 3.35. The molecule has 6 nitrogen and oxygen atoms in total. The lowest BCUT2D eigenvalue weighted by atomic mass is 9.89. The van der Waals surface area contributed by atoms with Crippen molar-refractivity contribution in [1.82, 2.24) is 4.90 Å². The average Bonchev–Trinajstić information content (AvgIpc) is 2.44. The molecule has 0 saturated carbocycles. The standard InChI is InChI=1S/C17H26N2O4S/c1-17(2,3)23-16(20)19-10-8-13(9-11-19)14-6-5-7-15(12-14)18-24(4,21)22/h5-7,12-13,18H,8-11H2,1-4H3. The van der Waals surface area contributed by atoms with Crippen LogP contribution in [0.3, 0.4) is 0 Å². The molecule has 1 amide bonds. The van der Waals surface area contributed by atoms with E-state index in [1.807, 2.05) is 39.0 Å². The van der Waals surface area contributed by atoms with Gasteiger partial charge in [0.2, 0.25) is 10.0 Å². The molecular weight excluding hydrogens is 328 g/mol. The van der Waals surface area contributed by atoms with Gasteiger partial charge < -0.3 is 9.64 Å². The molecule has 0 unspecified atom stereocenters. The van der Waals surface area contributed by atoms with Gasteiger partial charge in [0.1, 0.15) is 5.60 Å². The van der Waals surface area contributed by atoms with Crippen molar-refractivity contribution in [2.24, 2.45) is 0 Å². The van der Waals surface area contributed by atoms with Crippen LogP contribution in [0.15, 0.2) is 24.3 Å². The summed E-state index contributed by atoms with van der Waals surface area (Å²) in [6, 6.07) is 7.46. The van der Waals surface area contributed by atoms with Gasteiger partial charge >= 0.3 is 6.09 Å². The monoisotopic (exact) mass is 354 g/mol. The van der Waals surface area contributed by atoms with Gasteiger partial charge in [-0.25, -0.2) is 13.2 Å². The van der Waals surface area contributed by atoms with Crippen LogP contribution < -0.4 is 4.72 Å². The topological polar surface area (TPSA) is 75.7 Å². The zero-order valence-electron chi connectivity index (χ0n) is 14.7. The van der Waals surface area contributed by atoms with E-state index in [0.717, 1.165) is 24.7 Å². The highest BCUT2D eigenvalue weighted by Crippen LogP contribution is 2.30. The number of rotatable bonds is 3. The Morgan fingerprint density at radius 2 is 1.88 bits per heavy atom. The molecule has 2 rings (SSSR count). The number of likely N-dealkylation sites (tertiary alicyclic amines) is 1. The molecule has 1 aromatic rings. The van der Waals surface area contributed by atoms with Crippen molar-refractivity contribution in [2.75, 3.05) is 24.1 Å². The van der Waals surface area contributed by atoms with Crippen LogP contribution in [0.4, 0.5) is 10.5 Å². The Morgan fingerprint density at radius 1 is 1.25 bits per heavy atom. The number of benzene rings is 1. The highest BCUT2D eigenvalue weighted by molar-refractivity contribution is 7.92. The van der Waals surface area contributed by atoms with E-state index in [1.54, 1.807) is 11.0 Å². The molecule has 0 spiro atoms. The van der Waals surface area contributed by atoms with Crippen LogP contribution in [0, 0.1) is 0 Å². The van der Waals surface area contributed by atoms with E-state index in [1.165, 1.54) is 0 Å². The van der Waals surface area contributed by atoms with Crippen molar-refractivity contribution >= 4 is 21.8 Å². The van der Waals surface area contributed by atoms with E-state index in [-0.39, 0.29) is 6.09 Å². The summed E-state index contributed by atoms with van der Waals surface area (Å²) in [7, 11) is -3.28. The number of carbonyl (C=O) groups excluding carboxylic acids is 1. The largest absolute Gasteiger partial charge is 0.444 e. The Balaban J connectivity index is 1.97. The fraction of sp³-hybridized carbons (Fsp3) is 0.588. The number of anilines is 1. The van der Waals surface area contributed by atoms with E-state index in [2.05, 4.69) is 4.72 Å². The summed E-state index contributed by atoms with van der Waals surface area (Å²) >= 11 is 0. The first-order valence-corrected chi connectivity index (χ1v) is 9.98. The minimum absolute atomic E-state index is 0.270. The maximum Gasteiger partial charge on any atom is 0.410 e. The van der Waals surface area contributed by atoms with Crippen LogP contribution in [0.1, 0.15) is 45.1 Å². The number of hydrogen-bond acceptors (Lipinski definition) is 4. The minimum Gasteiger partial charge on any atom is -0.444 e. The highest BCUT2D eigenvalue weighted by atomic mass is 32.2. The van der Waals surface area contributed by atoms with Gasteiger partial charge in [0.25, 0.3) is 0 Å². The summed E-state index contributed by atoms with van der Waals surface area (Å²) in [6.07, 6.45) is 2.54. The van der Waals surface area contributed by atoms with E-state index in [0.29, 0.717) is 24.7 Å². The van der Waals surface area contributed by atoms with Crippen molar-refractivity contribution < 1.29 is 17.9 Å². The molecule has 0 bridgehead atoms. The number of piperidine rings is 1. The Bertz CT molecular complexity index is 687. The van der Waals surface area contributed by atoms with Crippen LogP contribution in [0.25, 0.3) is 0 Å². The third-order valence-electron chi connectivity index (χ3n) is 3.81. The zero-order valence-corrected chi connectivity index (χ0v) is 15.5. The van der Waals surface area contributed by atoms with Crippen LogP contribution in [0.5, 0.6) is 0 Å². The van der Waals surface area contributed by atoms with E-state index >= 15 is 0 Å². The third-order valence-corrected chi connectivity index (χ3v) is 4.41. The van der Waals surface area contributed by atoms with E-state index in [9.17, 15) is 13.2 Å². The summed E-state index contributed by atoms with van der Waals surface area (Å²) in [4.78, 5) is 13.8. The molecule has 0 aliphatic carbocycles. The minimum atomic E-state index is -3.28. The molecule has 1 aliphatic heterocycles. The van der Waals surface area contributed by atoms with Gasteiger partial charge in [0.15, 0.2) is 0 Å². The molecule has 24 heavy (non-hydrogen) atoms. The number of amides is 1. The molecule has 0 aromatic heterocycles. The summed E-state index contributed by atoms with van der Waals surface area (Å²) < 4.78 is 30.6. The quantitative estimate of drug-likeness (QED) is 0.904. The molecule has 1 fully saturated rings. The number of sulfonamides is 1. The second-order valence-corrected chi connectivity index (χ2v) is 8.99. The van der Waals surface area contributed by atoms with Crippen molar-refractivity contribution in [1.29, 1.82) is 0 Å². The molecule has 1 saturated heterocycles. The van der Waals surface area contributed by atoms with Crippen LogP contribution in [-0.2, 0) is 14.8 Å². The van der Waals surface area contributed by atoms with Gasteiger partial charge in [-0.3, -0.25) is 4.72 Å². The summed E-state index contributed by atoms with van der Waals surface area (Å²) in [5.74, 6) is 0.310. The molecular formula is C17H26N2O4S. The molecule has 1 aromatic carbocycles. The molecule has 1 heterocycles. The normalized spacial score (nSPS) is 16.8. The molecule has 0 atom stereocenters. The highest BCUT2D eigenvalue weighted by Gasteiger charge is 2.27. The summed E-state index contributed by atoms with van der Waals surface area (Å²) in [5, 5.41) is 0. The lowest BCUT2D eigenvalue weighted by Crippen LogP contribution is -2.41. The Morgan fingerprint density at radius 3 is 2.42 bits per heavy atom. The number of nitrogens with zero attached hydrogens (tertiary/aromatic N) is 1. The Hall–Kier alpha value is -1.76. The van der Waals surface area contributed by atoms with Crippen molar-refractivity contribution in [3.8, 4) is 0 Å². The van der Waals surface area contributed by atoms with Gasteiger partial charge in [-0.15, -0.1) is 0 Å². The van der Waals surface area contributed by atoms with Crippen LogP contribution >= 0.6 is 0 Å². The molecule has 1 N–H and O–H groups in total. The van der Waals surface area contributed by atoms with Gasteiger partial charge in [0.05, 0.1) is 6.26 Å². The average molecular weight is 354 g/mol. The predicted octanol–water partition coefficient (Wildman–Crippen LogP) is 3.17. The van der Waals surface area contributed by atoms with Gasteiger partial charge in [-0.05, 0) is 57.2 Å². The third kappa shape index (κ3) is 5.70. The van der Waals surface area contributed by atoms with Crippen molar-refractivity contribution in [3.63, 3.8) is 0 Å². The second-order valence-electron chi connectivity index (χ2n) is 7.24. The predicted molar refractivity (Wildman–Crippen MR) is 94.7 cm³/mol. The molecule has 7 heteroatoms. The maximum absolute atomic E-state index is 12.1. The van der Waals surface area contributed by atoms with E-state index in [4.69, 9.17) is 4.74 Å². The molecule has 1 aliphatic rings. The van der Waals surface area contributed by atoms with Crippen molar-refractivity contribution in [3.05, 3.63) is 29.8 Å². The van der Waals surface area contributed by atoms with Crippen LogP contribution in [-0.4, -0.2) is 44.4 Å². The number of ether oxygens (including phenoxy) is 1. The lowest BCUT2D eigenvalue weighted by Gasteiger charge is -2.33. The number of hydrogen-bond donors (Lipinski definition) is 1. The summed E-state index contributed by atoms with van der Waals surface area (Å²) in [6.45, 7) is 6.86. The Labute approximate surface area is 144 Å². The summed E-state index contributed by atoms with van der Waals surface area (Å²) in [5.41, 5.74) is 1.18. The van der Waals surface area contributed by atoms with E-state index < -0.39 is 15.6 Å². The van der Waals surface area contributed by atoms with Crippen molar-refractivity contribution in [2.45, 2.75) is 45.1 Å². The molecule has 0 radical (unpaired) electrons. The van der Waals surface area contributed by atoms with Gasteiger partial charge in [-0.1, -0.05) is 12.1 Å². The first-order valence-electron chi connectivity index (χ1n) is 8.09. The fourth-order valence-electron chi connectivity index (χ4n) is 2.79. The smallest absolute Gasteiger partial charge is 0.410 e. The number of carbonyl (C=O) groups is 1. The van der Waals surface area contributed by atoms with Crippen LogP contribution in [0.2, 0.25) is 0 Å². The first kappa shape index (κ1) is 18.6. The second kappa shape index (κ2) is 7.01. The first-order chi connectivity index (χ1) is 11.0. The SMILES string of the molecule is CC(C)(C)OC(=O)N1CCC(c2cccc(NS(C)(=O)=O)c2)CC1. The maximum atomic E-state index is 12.1. The zero-order chi connectivity index (χ0) is 18.0. The Kier molecular flexibility index (Phi) is 5.42.